The lowest BCUT2D eigenvalue weighted by atomic mass is 10.2. The second-order valence-corrected chi connectivity index (χ2v) is 4.52. The minimum atomic E-state index is 0.335. The van der Waals surface area contributed by atoms with E-state index in [4.69, 9.17) is 5.11 Å². The lowest BCUT2D eigenvalue weighted by Gasteiger charge is -2.25. The zero-order valence-corrected chi connectivity index (χ0v) is 10.0. The molecule has 1 heterocycles. The number of hydrogen-bond acceptors (Lipinski definition) is 3. The van der Waals surface area contributed by atoms with Gasteiger partial charge in [0.05, 0.1) is 0 Å². The molecule has 15 heavy (non-hydrogen) atoms. The van der Waals surface area contributed by atoms with Gasteiger partial charge >= 0.3 is 0 Å². The van der Waals surface area contributed by atoms with Crippen molar-refractivity contribution in [2.45, 2.75) is 45.1 Å². The molecule has 3 nitrogen and oxygen atoms in total. The van der Waals surface area contributed by atoms with E-state index in [1.54, 1.807) is 0 Å². The molecular weight excluding hydrogens is 188 g/mol. The molecule has 3 heteroatoms. The number of nitrogens with zero attached hydrogens (tertiary/aromatic N) is 1. The molecule has 2 N–H and O–H groups in total. The van der Waals surface area contributed by atoms with Gasteiger partial charge in [0.15, 0.2) is 0 Å². The predicted molar refractivity (Wildman–Crippen MR) is 64.1 cm³/mol. The Balaban J connectivity index is 2.16. The third kappa shape index (κ3) is 5.50. The summed E-state index contributed by atoms with van der Waals surface area (Å²) in [5.41, 5.74) is 0. The molecular formula is C12H26N2O. The van der Waals surface area contributed by atoms with Crippen LogP contribution >= 0.6 is 0 Å². The summed E-state index contributed by atoms with van der Waals surface area (Å²) >= 11 is 0. The summed E-state index contributed by atoms with van der Waals surface area (Å²) < 4.78 is 0. The van der Waals surface area contributed by atoms with Gasteiger partial charge in [0, 0.05) is 19.2 Å². The highest BCUT2D eigenvalue weighted by Gasteiger charge is 2.16. The quantitative estimate of drug-likeness (QED) is 0.596. The fraction of sp³-hybridized carbons (Fsp3) is 1.00. The van der Waals surface area contributed by atoms with Crippen LogP contribution in [0, 0.1) is 0 Å². The lowest BCUT2D eigenvalue weighted by molar-refractivity contribution is 0.227. The van der Waals surface area contributed by atoms with Crippen LogP contribution in [-0.4, -0.2) is 48.8 Å². The SMILES string of the molecule is CCCN(CCCCO)CC1CCCN1. The molecule has 0 aromatic carbocycles. The first-order valence-corrected chi connectivity index (χ1v) is 6.43. The Morgan fingerprint density at radius 3 is 2.80 bits per heavy atom. The van der Waals surface area contributed by atoms with E-state index in [1.807, 2.05) is 0 Å². The Bertz CT molecular complexity index is 147. The van der Waals surface area contributed by atoms with Crippen molar-refractivity contribution in [2.75, 3.05) is 32.8 Å². The van der Waals surface area contributed by atoms with E-state index in [9.17, 15) is 0 Å². The molecule has 1 aliphatic heterocycles. The van der Waals surface area contributed by atoms with Gasteiger partial charge in [0.25, 0.3) is 0 Å². The van der Waals surface area contributed by atoms with Crippen LogP contribution in [0.3, 0.4) is 0 Å². The Morgan fingerprint density at radius 1 is 1.33 bits per heavy atom. The molecule has 1 atom stereocenters. The van der Waals surface area contributed by atoms with E-state index < -0.39 is 0 Å². The number of hydrogen-bond donors (Lipinski definition) is 2. The van der Waals surface area contributed by atoms with Crippen LogP contribution in [0.15, 0.2) is 0 Å². The summed E-state index contributed by atoms with van der Waals surface area (Å²) in [5.74, 6) is 0. The first-order valence-electron chi connectivity index (χ1n) is 6.43. The molecule has 1 saturated heterocycles. The number of nitrogens with one attached hydrogen (secondary N) is 1. The van der Waals surface area contributed by atoms with Crippen LogP contribution in [0.5, 0.6) is 0 Å². The van der Waals surface area contributed by atoms with Crippen LogP contribution in [0.2, 0.25) is 0 Å². The zero-order chi connectivity index (χ0) is 10.9. The highest BCUT2D eigenvalue weighted by molar-refractivity contribution is 4.77. The second kappa shape index (κ2) is 8.08. The maximum Gasteiger partial charge on any atom is 0.0431 e. The van der Waals surface area contributed by atoms with Gasteiger partial charge < -0.3 is 15.3 Å². The molecule has 0 saturated carbocycles. The Kier molecular flexibility index (Phi) is 6.98. The molecule has 0 aromatic rings. The third-order valence-electron chi connectivity index (χ3n) is 3.06. The second-order valence-electron chi connectivity index (χ2n) is 4.52. The van der Waals surface area contributed by atoms with Gasteiger partial charge in [-0.15, -0.1) is 0 Å². The molecule has 0 radical (unpaired) electrons. The van der Waals surface area contributed by atoms with E-state index >= 15 is 0 Å². The van der Waals surface area contributed by atoms with Crippen molar-refractivity contribution < 1.29 is 5.11 Å². The summed E-state index contributed by atoms with van der Waals surface area (Å²) in [7, 11) is 0. The molecule has 1 rings (SSSR count). The molecule has 0 aromatic heterocycles. The van der Waals surface area contributed by atoms with Gasteiger partial charge in [-0.1, -0.05) is 6.92 Å². The minimum absolute atomic E-state index is 0.335. The first kappa shape index (κ1) is 12.9. The Hall–Kier alpha value is -0.120. The predicted octanol–water partition coefficient (Wildman–Crippen LogP) is 1.22. The standard InChI is InChI=1S/C12H26N2O/c1-2-8-14(9-3-4-10-15)11-12-6-5-7-13-12/h12-13,15H,2-11H2,1H3. The van der Waals surface area contributed by atoms with Crippen molar-refractivity contribution in [2.24, 2.45) is 0 Å². The number of aliphatic hydroxyl groups is 1. The summed E-state index contributed by atoms with van der Waals surface area (Å²) in [6.45, 7) is 7.31. The van der Waals surface area contributed by atoms with Crippen molar-refractivity contribution >= 4 is 0 Å². The summed E-state index contributed by atoms with van der Waals surface area (Å²) in [6.07, 6.45) is 5.97. The topological polar surface area (TPSA) is 35.5 Å². The molecule has 1 aliphatic rings. The smallest absolute Gasteiger partial charge is 0.0431 e. The Labute approximate surface area is 93.9 Å². The molecule has 0 amide bonds. The molecule has 90 valence electrons. The molecule has 1 fully saturated rings. The van der Waals surface area contributed by atoms with Gasteiger partial charge in [0.1, 0.15) is 0 Å². The fourth-order valence-corrected chi connectivity index (χ4v) is 2.28. The van der Waals surface area contributed by atoms with Crippen LogP contribution < -0.4 is 5.32 Å². The monoisotopic (exact) mass is 214 g/mol. The maximum atomic E-state index is 8.76. The molecule has 0 spiro atoms. The zero-order valence-electron chi connectivity index (χ0n) is 10.0. The van der Waals surface area contributed by atoms with Gasteiger partial charge in [0.2, 0.25) is 0 Å². The largest absolute Gasteiger partial charge is 0.396 e. The van der Waals surface area contributed by atoms with Gasteiger partial charge in [-0.3, -0.25) is 0 Å². The van der Waals surface area contributed by atoms with Gasteiger partial charge in [-0.25, -0.2) is 0 Å². The summed E-state index contributed by atoms with van der Waals surface area (Å²) in [5, 5.41) is 12.3. The van der Waals surface area contributed by atoms with E-state index in [2.05, 4.69) is 17.1 Å². The summed E-state index contributed by atoms with van der Waals surface area (Å²) in [4.78, 5) is 2.54. The summed E-state index contributed by atoms with van der Waals surface area (Å²) in [6, 6.07) is 0.714. The Morgan fingerprint density at radius 2 is 2.20 bits per heavy atom. The number of aliphatic hydroxyl groups excluding tert-OH is 1. The van der Waals surface area contributed by atoms with Crippen molar-refractivity contribution in [3.8, 4) is 0 Å². The van der Waals surface area contributed by atoms with Gasteiger partial charge in [-0.05, 0) is 51.7 Å². The highest BCUT2D eigenvalue weighted by atomic mass is 16.2. The average Bonchev–Trinajstić information content (AvgIpc) is 2.71. The van der Waals surface area contributed by atoms with Crippen LogP contribution in [0.1, 0.15) is 39.0 Å². The van der Waals surface area contributed by atoms with E-state index in [0.717, 1.165) is 19.4 Å². The van der Waals surface area contributed by atoms with Crippen molar-refractivity contribution in [1.29, 1.82) is 0 Å². The van der Waals surface area contributed by atoms with E-state index in [1.165, 1.54) is 38.9 Å². The number of unbranched alkanes of at least 4 members (excludes halogenated alkanes) is 1. The minimum Gasteiger partial charge on any atom is -0.396 e. The van der Waals surface area contributed by atoms with E-state index in [0.29, 0.717) is 12.6 Å². The number of rotatable bonds is 8. The lowest BCUT2D eigenvalue weighted by Crippen LogP contribution is -2.38. The van der Waals surface area contributed by atoms with Crippen molar-refractivity contribution in [1.82, 2.24) is 10.2 Å². The molecule has 1 unspecified atom stereocenters. The van der Waals surface area contributed by atoms with Gasteiger partial charge in [-0.2, -0.15) is 0 Å². The third-order valence-corrected chi connectivity index (χ3v) is 3.06. The highest BCUT2D eigenvalue weighted by Crippen LogP contribution is 2.08. The van der Waals surface area contributed by atoms with Crippen molar-refractivity contribution in [3.63, 3.8) is 0 Å². The van der Waals surface area contributed by atoms with E-state index in [-0.39, 0.29) is 0 Å². The molecule has 0 bridgehead atoms. The van der Waals surface area contributed by atoms with Crippen LogP contribution in [-0.2, 0) is 0 Å². The van der Waals surface area contributed by atoms with Crippen LogP contribution in [0.4, 0.5) is 0 Å². The normalized spacial score (nSPS) is 21.4. The first-order chi connectivity index (χ1) is 7.36. The average molecular weight is 214 g/mol. The molecule has 0 aliphatic carbocycles. The fourth-order valence-electron chi connectivity index (χ4n) is 2.28. The van der Waals surface area contributed by atoms with Crippen molar-refractivity contribution in [3.05, 3.63) is 0 Å². The van der Waals surface area contributed by atoms with Crippen LogP contribution in [0.25, 0.3) is 0 Å². The maximum absolute atomic E-state index is 8.76.